The van der Waals surface area contributed by atoms with E-state index >= 15 is 0 Å². The van der Waals surface area contributed by atoms with Crippen LogP contribution in [0.25, 0.3) is 0 Å². The van der Waals surface area contributed by atoms with E-state index in [0.717, 1.165) is 0 Å². The molecule has 7 heteroatoms. The summed E-state index contributed by atoms with van der Waals surface area (Å²) in [6.45, 7) is 8.76. The van der Waals surface area contributed by atoms with Crippen LogP contribution in [0, 0.1) is 0 Å². The molecule has 0 aliphatic carbocycles. The summed E-state index contributed by atoms with van der Waals surface area (Å²) in [6.07, 6.45) is -0.645. The highest BCUT2D eigenvalue weighted by Crippen LogP contribution is 2.25. The number of halogens is 2. The molecule has 0 rings (SSSR count). The van der Waals surface area contributed by atoms with Gasteiger partial charge in [-0.1, -0.05) is 0 Å². The van der Waals surface area contributed by atoms with Crippen molar-refractivity contribution in [3.63, 3.8) is 0 Å². The van der Waals surface area contributed by atoms with Gasteiger partial charge in [0.15, 0.2) is 0 Å². The minimum absolute atomic E-state index is 0.322. The Morgan fingerprint density at radius 1 is 0.842 bits per heavy atom. The molecule has 0 aliphatic rings. The summed E-state index contributed by atoms with van der Waals surface area (Å²) in [4.78, 5) is 0. The Bertz CT molecular complexity index is 200. The molecule has 19 heavy (non-hydrogen) atoms. The normalized spacial score (nSPS) is 15.5. The van der Waals surface area contributed by atoms with E-state index in [2.05, 4.69) is 0 Å². The van der Waals surface area contributed by atoms with Crippen molar-refractivity contribution in [3.05, 3.63) is 0 Å². The Hall–Kier alpha value is 0.637. The average molecular weight is 333 g/mol. The summed E-state index contributed by atoms with van der Waals surface area (Å²) >= 11 is 11.8. The van der Waals surface area contributed by atoms with E-state index in [0.29, 0.717) is 37.1 Å². The van der Waals surface area contributed by atoms with E-state index in [1.54, 1.807) is 0 Å². The lowest BCUT2D eigenvalue weighted by Gasteiger charge is -2.34. The Morgan fingerprint density at radius 2 is 1.21 bits per heavy atom. The van der Waals surface area contributed by atoms with Gasteiger partial charge in [0, 0.05) is 37.1 Å². The van der Waals surface area contributed by atoms with E-state index in [4.69, 9.17) is 41.5 Å². The molecule has 0 amide bonds. The first kappa shape index (κ1) is 19.6. The van der Waals surface area contributed by atoms with Gasteiger partial charge in [0.25, 0.3) is 0 Å². The van der Waals surface area contributed by atoms with Gasteiger partial charge in [0.1, 0.15) is 12.6 Å². The number of hydrogen-bond donors (Lipinski definition) is 0. The molecule has 0 bridgehead atoms. The first-order valence-electron chi connectivity index (χ1n) is 6.74. The molecule has 0 saturated heterocycles. The summed E-state index contributed by atoms with van der Waals surface area (Å²) in [6, 6.07) is 1.33. The van der Waals surface area contributed by atoms with Gasteiger partial charge in [0.2, 0.25) is 0 Å². The quantitative estimate of drug-likeness (QED) is 0.310. The third-order valence-corrected chi connectivity index (χ3v) is 7.07. The minimum atomic E-state index is -2.51. The maximum atomic E-state index is 6.02. The fraction of sp³-hybridized carbons (Fsp3) is 1.00. The van der Waals surface area contributed by atoms with Crippen LogP contribution in [0.2, 0.25) is 12.1 Å². The van der Waals surface area contributed by atoms with Crippen LogP contribution in [0.15, 0.2) is 0 Å². The van der Waals surface area contributed by atoms with E-state index < -0.39 is 8.56 Å². The van der Waals surface area contributed by atoms with Gasteiger partial charge >= 0.3 is 8.56 Å². The molecular weight excluding hydrogens is 307 g/mol. The topological polar surface area (TPSA) is 36.9 Å². The number of hydrogen-bond acceptors (Lipinski definition) is 4. The molecule has 4 nitrogen and oxygen atoms in total. The lowest BCUT2D eigenvalue weighted by molar-refractivity contribution is -0.120. The molecule has 0 N–H and O–H groups in total. The van der Waals surface area contributed by atoms with Crippen LogP contribution in [0.5, 0.6) is 0 Å². The van der Waals surface area contributed by atoms with Gasteiger partial charge in [-0.05, 0) is 27.7 Å². The predicted molar refractivity (Wildman–Crippen MR) is 81.2 cm³/mol. The van der Waals surface area contributed by atoms with Crippen molar-refractivity contribution in [2.45, 2.75) is 52.4 Å². The Morgan fingerprint density at radius 3 is 1.47 bits per heavy atom. The van der Waals surface area contributed by atoms with Crippen LogP contribution in [0.4, 0.5) is 0 Å². The molecule has 2 atom stereocenters. The maximum Gasteiger partial charge on any atom is 0.344 e. The number of ether oxygens (including phenoxy) is 2. The van der Waals surface area contributed by atoms with Crippen LogP contribution in [0.1, 0.15) is 27.7 Å². The fourth-order valence-electron chi connectivity index (χ4n) is 1.82. The number of rotatable bonds is 12. The monoisotopic (exact) mass is 332 g/mol. The molecule has 0 radical (unpaired) electrons. The molecule has 0 heterocycles. The first-order valence-corrected chi connectivity index (χ1v) is 10.0. The number of alkyl halides is 2. The molecule has 0 aromatic carbocycles. The van der Waals surface area contributed by atoms with Crippen LogP contribution < -0.4 is 0 Å². The summed E-state index contributed by atoms with van der Waals surface area (Å²) in [5.41, 5.74) is 0. The summed E-state index contributed by atoms with van der Waals surface area (Å²) in [5.74, 6) is 0.946. The average Bonchev–Trinajstić information content (AvgIpc) is 2.29. The van der Waals surface area contributed by atoms with Crippen LogP contribution >= 0.6 is 23.2 Å². The Balaban J connectivity index is 4.73. The fourth-order valence-corrected chi connectivity index (χ4v) is 6.25. The highest BCUT2D eigenvalue weighted by atomic mass is 35.5. The highest BCUT2D eigenvalue weighted by molar-refractivity contribution is 6.68. The smallest absolute Gasteiger partial charge is 0.344 e. The Labute approximate surface area is 127 Å². The molecule has 2 unspecified atom stereocenters. The van der Waals surface area contributed by atoms with Gasteiger partial charge in [-0.25, -0.2) is 0 Å². The zero-order chi connectivity index (χ0) is 14.7. The second kappa shape index (κ2) is 11.3. The van der Waals surface area contributed by atoms with Crippen molar-refractivity contribution in [1.82, 2.24) is 0 Å². The zero-order valence-electron chi connectivity index (χ0n) is 12.3. The molecule has 0 fully saturated rings. The lowest BCUT2D eigenvalue weighted by Crippen LogP contribution is -2.48. The Kier molecular flexibility index (Phi) is 11.7. The van der Waals surface area contributed by atoms with E-state index in [1.165, 1.54) is 0 Å². The largest absolute Gasteiger partial charge is 0.368 e. The van der Waals surface area contributed by atoms with Crippen molar-refractivity contribution < 1.29 is 18.3 Å². The van der Waals surface area contributed by atoms with Gasteiger partial charge in [-0.2, -0.15) is 0 Å². The van der Waals surface area contributed by atoms with Gasteiger partial charge < -0.3 is 18.3 Å². The van der Waals surface area contributed by atoms with E-state index in [1.807, 2.05) is 27.7 Å². The first-order chi connectivity index (χ1) is 9.03. The zero-order valence-corrected chi connectivity index (χ0v) is 14.8. The van der Waals surface area contributed by atoms with Crippen LogP contribution in [-0.2, 0) is 18.3 Å². The third-order valence-electron chi connectivity index (χ3n) is 2.52. The minimum Gasteiger partial charge on any atom is -0.368 e. The molecule has 0 saturated carbocycles. The molecule has 0 aliphatic heterocycles. The summed E-state index contributed by atoms with van der Waals surface area (Å²) in [7, 11) is -2.51. The molecule has 116 valence electrons. The van der Waals surface area contributed by atoms with E-state index in [-0.39, 0.29) is 12.6 Å². The predicted octanol–water partition coefficient (Wildman–Crippen LogP) is 3.70. The lowest BCUT2D eigenvalue weighted by atomic mass is 10.7. The highest BCUT2D eigenvalue weighted by Gasteiger charge is 2.40. The van der Waals surface area contributed by atoms with Crippen molar-refractivity contribution in [2.24, 2.45) is 0 Å². The second-order valence-electron chi connectivity index (χ2n) is 4.07. The molecule has 0 aromatic rings. The molecule has 0 aromatic heterocycles. The molecule has 0 spiro atoms. The van der Waals surface area contributed by atoms with Crippen LogP contribution in [-0.4, -0.2) is 46.1 Å². The second-order valence-corrected chi connectivity index (χ2v) is 8.12. The van der Waals surface area contributed by atoms with Crippen molar-refractivity contribution in [1.29, 1.82) is 0 Å². The van der Waals surface area contributed by atoms with E-state index in [9.17, 15) is 0 Å². The van der Waals surface area contributed by atoms with Gasteiger partial charge in [-0.15, -0.1) is 23.2 Å². The molecular formula is C12H26Cl2O4Si. The third kappa shape index (κ3) is 8.50. The van der Waals surface area contributed by atoms with Crippen molar-refractivity contribution in [2.75, 3.05) is 25.0 Å². The van der Waals surface area contributed by atoms with Crippen molar-refractivity contribution in [3.8, 4) is 0 Å². The standard InChI is InChI=1S/C12H26Cl2O4Si/c1-5-15-11(3)17-19(9-7-13,10-8-14)18-12(4)16-6-2/h11-12H,5-10H2,1-4H3. The maximum absolute atomic E-state index is 6.02. The summed E-state index contributed by atoms with van der Waals surface area (Å²) in [5, 5.41) is 0. The van der Waals surface area contributed by atoms with Gasteiger partial charge in [-0.3, -0.25) is 0 Å². The summed E-state index contributed by atoms with van der Waals surface area (Å²) < 4.78 is 22.9. The van der Waals surface area contributed by atoms with Gasteiger partial charge in [0.05, 0.1) is 0 Å². The van der Waals surface area contributed by atoms with Crippen LogP contribution in [0.3, 0.4) is 0 Å². The van der Waals surface area contributed by atoms with Crippen molar-refractivity contribution >= 4 is 31.8 Å². The SMILES string of the molecule is CCOC(C)O[Si](CCCl)(CCCl)OC(C)OCC.